The Morgan fingerprint density at radius 1 is 1.35 bits per heavy atom. The highest BCUT2D eigenvalue weighted by Gasteiger charge is 2.17. The maximum Gasteiger partial charge on any atom is 0.240 e. The Morgan fingerprint density at radius 3 is 2.85 bits per heavy atom. The van der Waals surface area contributed by atoms with Crippen LogP contribution in [0, 0.1) is 6.92 Å². The van der Waals surface area contributed by atoms with Gasteiger partial charge in [0.2, 0.25) is 10.0 Å². The van der Waals surface area contributed by atoms with Crippen LogP contribution in [0.3, 0.4) is 0 Å². The second-order valence-corrected chi connectivity index (χ2v) is 7.13. The zero-order valence-electron chi connectivity index (χ0n) is 13.8. The molecule has 26 heavy (non-hydrogen) atoms. The molecule has 1 aromatic carbocycles. The number of aryl methyl sites for hydroxylation is 1. The van der Waals surface area contributed by atoms with E-state index in [4.69, 9.17) is 5.73 Å². The number of aromatic nitrogens is 5. The Kier molecular flexibility index (Phi) is 4.91. The number of sulfonamides is 1. The fourth-order valence-electron chi connectivity index (χ4n) is 2.31. The summed E-state index contributed by atoms with van der Waals surface area (Å²) < 4.78 is 40.3. The molecule has 3 rings (SSSR count). The molecule has 9 nitrogen and oxygen atoms in total. The Hall–Kier alpha value is -2.92. The van der Waals surface area contributed by atoms with Crippen LogP contribution in [0.5, 0.6) is 0 Å². The second kappa shape index (κ2) is 7.14. The van der Waals surface area contributed by atoms with E-state index in [-0.39, 0.29) is 23.1 Å². The molecule has 11 heteroatoms. The second-order valence-electron chi connectivity index (χ2n) is 5.37. The summed E-state index contributed by atoms with van der Waals surface area (Å²) in [7, 11) is -3.82. The topological polar surface area (TPSA) is 129 Å². The number of rotatable bonds is 6. The summed E-state index contributed by atoms with van der Waals surface area (Å²) in [4.78, 5) is 12.4. The Morgan fingerprint density at radius 2 is 2.15 bits per heavy atom. The minimum atomic E-state index is -3.82. The number of nitrogens with one attached hydrogen (secondary N) is 1. The number of halogens is 1. The Labute approximate surface area is 149 Å². The van der Waals surface area contributed by atoms with E-state index in [1.165, 1.54) is 35.7 Å². The van der Waals surface area contributed by atoms with Crippen LogP contribution in [0.4, 0.5) is 10.2 Å². The van der Waals surface area contributed by atoms with Gasteiger partial charge >= 0.3 is 0 Å². The van der Waals surface area contributed by atoms with Gasteiger partial charge in [-0.1, -0.05) is 6.07 Å². The van der Waals surface area contributed by atoms with E-state index in [0.29, 0.717) is 11.3 Å². The lowest BCUT2D eigenvalue weighted by atomic mass is 10.1. The van der Waals surface area contributed by atoms with Gasteiger partial charge in [0.1, 0.15) is 19.3 Å². The largest absolute Gasteiger partial charge is 0.381 e. The van der Waals surface area contributed by atoms with Gasteiger partial charge in [0.05, 0.1) is 16.8 Å². The summed E-state index contributed by atoms with van der Waals surface area (Å²) in [6.07, 6.45) is 4.21. The highest BCUT2D eigenvalue weighted by Crippen LogP contribution is 2.26. The van der Waals surface area contributed by atoms with Gasteiger partial charge in [-0.05, 0) is 24.6 Å². The van der Waals surface area contributed by atoms with E-state index in [2.05, 4.69) is 24.8 Å². The van der Waals surface area contributed by atoms with Crippen molar-refractivity contribution in [3.8, 4) is 17.1 Å². The SMILES string of the molecule is Cc1ccc(S(=O)(=O)NCCF)cc1-c1cnc(N)c(-n2cncn2)n1. The first-order valence-corrected chi connectivity index (χ1v) is 9.05. The van der Waals surface area contributed by atoms with E-state index in [9.17, 15) is 12.8 Å². The molecule has 0 amide bonds. The number of benzene rings is 1. The van der Waals surface area contributed by atoms with Crippen molar-refractivity contribution in [3.05, 3.63) is 42.6 Å². The van der Waals surface area contributed by atoms with E-state index >= 15 is 0 Å². The smallest absolute Gasteiger partial charge is 0.240 e. The van der Waals surface area contributed by atoms with Gasteiger partial charge in [0.15, 0.2) is 11.6 Å². The third-order valence-electron chi connectivity index (χ3n) is 3.60. The van der Waals surface area contributed by atoms with Crippen molar-refractivity contribution in [2.75, 3.05) is 19.0 Å². The lowest BCUT2D eigenvalue weighted by Gasteiger charge is -2.11. The zero-order valence-corrected chi connectivity index (χ0v) is 14.6. The predicted octanol–water partition coefficient (Wildman–Crippen LogP) is 0.863. The van der Waals surface area contributed by atoms with Gasteiger partial charge in [-0.25, -0.2) is 32.5 Å². The van der Waals surface area contributed by atoms with Crippen LogP contribution in [-0.2, 0) is 10.0 Å². The molecule has 2 heterocycles. The number of hydrogen-bond acceptors (Lipinski definition) is 7. The average molecular weight is 377 g/mol. The van der Waals surface area contributed by atoms with Crippen molar-refractivity contribution in [1.29, 1.82) is 0 Å². The molecule has 0 saturated carbocycles. The minimum absolute atomic E-state index is 0.00693. The number of nitrogens with two attached hydrogens (primary N) is 1. The van der Waals surface area contributed by atoms with Crippen molar-refractivity contribution < 1.29 is 12.8 Å². The maximum absolute atomic E-state index is 12.3. The molecular formula is C15H16FN7O2S. The molecule has 0 radical (unpaired) electrons. The fourth-order valence-corrected chi connectivity index (χ4v) is 3.34. The summed E-state index contributed by atoms with van der Waals surface area (Å²) in [6.45, 7) is 0.736. The summed E-state index contributed by atoms with van der Waals surface area (Å²) >= 11 is 0. The number of hydrogen-bond donors (Lipinski definition) is 2. The lowest BCUT2D eigenvalue weighted by molar-refractivity contribution is 0.486. The van der Waals surface area contributed by atoms with Gasteiger partial charge in [-0.3, -0.25) is 0 Å². The Balaban J connectivity index is 2.07. The van der Waals surface area contributed by atoms with Crippen LogP contribution in [0.2, 0.25) is 0 Å². The third-order valence-corrected chi connectivity index (χ3v) is 5.06. The van der Waals surface area contributed by atoms with Gasteiger partial charge in [0, 0.05) is 12.1 Å². The van der Waals surface area contributed by atoms with Gasteiger partial charge in [0.25, 0.3) is 0 Å². The van der Waals surface area contributed by atoms with E-state index in [1.54, 1.807) is 6.07 Å². The highest BCUT2D eigenvalue weighted by molar-refractivity contribution is 7.89. The molecule has 0 unspecified atom stereocenters. The van der Waals surface area contributed by atoms with Crippen LogP contribution in [0.15, 0.2) is 41.9 Å². The first-order chi connectivity index (χ1) is 12.4. The maximum atomic E-state index is 12.3. The fraction of sp³-hybridized carbons (Fsp3) is 0.200. The van der Waals surface area contributed by atoms with Crippen molar-refractivity contribution in [2.45, 2.75) is 11.8 Å². The van der Waals surface area contributed by atoms with E-state index < -0.39 is 16.7 Å². The minimum Gasteiger partial charge on any atom is -0.381 e. The monoisotopic (exact) mass is 377 g/mol. The van der Waals surface area contributed by atoms with E-state index in [1.807, 2.05) is 6.92 Å². The molecule has 0 saturated heterocycles. The molecular weight excluding hydrogens is 361 g/mol. The molecule has 0 aliphatic heterocycles. The number of nitrogen functional groups attached to an aromatic ring is 1. The molecule has 3 N–H and O–H groups in total. The van der Waals surface area contributed by atoms with Crippen LogP contribution < -0.4 is 10.5 Å². The first-order valence-electron chi connectivity index (χ1n) is 7.56. The molecule has 0 aliphatic carbocycles. The van der Waals surface area contributed by atoms with E-state index in [0.717, 1.165) is 5.56 Å². The van der Waals surface area contributed by atoms with Crippen molar-refractivity contribution in [1.82, 2.24) is 29.5 Å². The Bertz CT molecular complexity index is 1020. The molecule has 0 bridgehead atoms. The van der Waals surface area contributed by atoms with Gasteiger partial charge < -0.3 is 5.73 Å². The van der Waals surface area contributed by atoms with Gasteiger partial charge in [-0.2, -0.15) is 9.78 Å². The van der Waals surface area contributed by atoms with Crippen LogP contribution in [0.1, 0.15) is 5.56 Å². The quantitative estimate of drug-likeness (QED) is 0.652. The standard InChI is InChI=1S/C15H16FN7O2S/c1-10-2-3-11(26(24,25)21-5-4-16)6-12(10)13-7-19-14(17)15(22-13)23-9-18-8-20-23/h2-3,6-9,21H,4-5H2,1H3,(H2,17,19). The summed E-state index contributed by atoms with van der Waals surface area (Å²) in [6, 6.07) is 4.55. The average Bonchev–Trinajstić information content (AvgIpc) is 3.15. The lowest BCUT2D eigenvalue weighted by Crippen LogP contribution is -2.25. The highest BCUT2D eigenvalue weighted by atomic mass is 32.2. The van der Waals surface area contributed by atoms with Crippen molar-refractivity contribution in [3.63, 3.8) is 0 Å². The van der Waals surface area contributed by atoms with Gasteiger partial charge in [-0.15, -0.1) is 0 Å². The predicted molar refractivity (Wildman–Crippen MR) is 92.7 cm³/mol. The molecule has 2 aromatic heterocycles. The van der Waals surface area contributed by atoms with Crippen LogP contribution in [-0.4, -0.2) is 46.4 Å². The zero-order chi connectivity index (χ0) is 18.7. The number of nitrogens with zero attached hydrogens (tertiary/aromatic N) is 5. The molecule has 0 atom stereocenters. The number of anilines is 1. The third kappa shape index (κ3) is 3.53. The molecule has 136 valence electrons. The van der Waals surface area contributed by atoms with Crippen LogP contribution >= 0.6 is 0 Å². The summed E-state index contributed by atoms with van der Waals surface area (Å²) in [5, 5.41) is 3.98. The number of alkyl halides is 1. The van der Waals surface area contributed by atoms with Crippen molar-refractivity contribution in [2.24, 2.45) is 0 Å². The first kappa shape index (κ1) is 17.9. The molecule has 0 fully saturated rings. The molecule has 3 aromatic rings. The summed E-state index contributed by atoms with van der Waals surface area (Å²) in [5.41, 5.74) is 7.62. The molecule has 0 aliphatic rings. The van der Waals surface area contributed by atoms with Crippen LogP contribution in [0.25, 0.3) is 17.1 Å². The normalized spacial score (nSPS) is 11.6. The molecule has 0 spiro atoms. The summed E-state index contributed by atoms with van der Waals surface area (Å²) in [5.74, 6) is 0.438. The van der Waals surface area contributed by atoms with Crippen molar-refractivity contribution >= 4 is 15.8 Å².